The van der Waals surface area contributed by atoms with Crippen molar-refractivity contribution in [3.8, 4) is 5.75 Å². The Hall–Kier alpha value is -1.69. The van der Waals surface area contributed by atoms with Gasteiger partial charge in [0.25, 0.3) is 5.91 Å². The molecule has 0 spiro atoms. The lowest BCUT2D eigenvalue weighted by Gasteiger charge is -2.08. The Morgan fingerprint density at radius 1 is 1.53 bits per heavy atom. The van der Waals surface area contributed by atoms with Gasteiger partial charge in [0.1, 0.15) is 5.75 Å². The number of carbonyl (C=O) groups excluding carboxylic acids is 1. The predicted molar refractivity (Wildman–Crippen MR) is 57.1 cm³/mol. The van der Waals surface area contributed by atoms with Gasteiger partial charge in [-0.25, -0.2) is 0 Å². The predicted octanol–water partition coefficient (Wildman–Crippen LogP) is 1.40. The van der Waals surface area contributed by atoms with E-state index in [0.717, 1.165) is 0 Å². The fourth-order valence-corrected chi connectivity index (χ4v) is 1.16. The number of nitrogens with one attached hydrogen (secondary N) is 1. The van der Waals surface area contributed by atoms with Crippen molar-refractivity contribution in [3.05, 3.63) is 29.8 Å². The van der Waals surface area contributed by atoms with Crippen molar-refractivity contribution in [2.45, 2.75) is 19.6 Å². The molecule has 1 aromatic carbocycles. The highest BCUT2D eigenvalue weighted by Crippen LogP contribution is 2.15. The molecule has 0 aliphatic carbocycles. The summed E-state index contributed by atoms with van der Waals surface area (Å²) in [4.78, 5) is 11.5. The maximum Gasteiger partial charge on any atom is 0.387 e. The van der Waals surface area contributed by atoms with Crippen molar-refractivity contribution in [2.75, 3.05) is 6.54 Å². The molecule has 1 unspecified atom stereocenters. The van der Waals surface area contributed by atoms with Gasteiger partial charge in [-0.3, -0.25) is 4.79 Å². The van der Waals surface area contributed by atoms with Gasteiger partial charge in [0.15, 0.2) is 0 Å². The molecule has 0 saturated carbocycles. The van der Waals surface area contributed by atoms with Crippen molar-refractivity contribution < 1.29 is 23.4 Å². The molecule has 1 atom stereocenters. The summed E-state index contributed by atoms with van der Waals surface area (Å²) in [6.07, 6.45) is -0.667. The van der Waals surface area contributed by atoms with Crippen LogP contribution in [0.15, 0.2) is 24.3 Å². The van der Waals surface area contributed by atoms with Gasteiger partial charge in [-0.15, -0.1) is 0 Å². The molecule has 1 aromatic rings. The van der Waals surface area contributed by atoms with Crippen molar-refractivity contribution in [1.82, 2.24) is 5.32 Å². The smallest absolute Gasteiger partial charge is 0.387 e. The maximum absolute atomic E-state index is 12.0. The summed E-state index contributed by atoms with van der Waals surface area (Å²) < 4.78 is 28.1. The second-order valence-electron chi connectivity index (χ2n) is 3.47. The first-order chi connectivity index (χ1) is 7.99. The highest BCUT2D eigenvalue weighted by molar-refractivity contribution is 5.94. The van der Waals surface area contributed by atoms with E-state index < -0.39 is 18.6 Å². The number of aliphatic hydroxyl groups is 1. The summed E-state index contributed by atoms with van der Waals surface area (Å²) in [6.45, 7) is -1.30. The topological polar surface area (TPSA) is 58.6 Å². The standard InChI is InChI=1S/C11H13F2NO3/c1-7(15)6-14-10(16)8-3-2-4-9(5-8)17-11(12)13/h2-5,7,11,15H,6H2,1H3,(H,14,16). The first kappa shape index (κ1) is 13.4. The Balaban J connectivity index is 2.67. The lowest BCUT2D eigenvalue weighted by atomic mass is 10.2. The molecule has 0 aliphatic heterocycles. The third-order valence-electron chi connectivity index (χ3n) is 1.88. The van der Waals surface area contributed by atoms with Crippen LogP contribution in [-0.2, 0) is 0 Å². The molecular weight excluding hydrogens is 232 g/mol. The van der Waals surface area contributed by atoms with E-state index in [4.69, 9.17) is 5.11 Å². The molecule has 1 rings (SSSR count). The zero-order valence-corrected chi connectivity index (χ0v) is 9.19. The summed E-state index contributed by atoms with van der Waals surface area (Å²) in [5.41, 5.74) is 0.198. The van der Waals surface area contributed by atoms with Crippen LogP contribution < -0.4 is 10.1 Å². The van der Waals surface area contributed by atoms with E-state index in [1.807, 2.05) is 0 Å². The third kappa shape index (κ3) is 4.78. The van der Waals surface area contributed by atoms with Gasteiger partial charge in [0.2, 0.25) is 0 Å². The van der Waals surface area contributed by atoms with Crippen LogP contribution in [0, 0.1) is 0 Å². The highest BCUT2D eigenvalue weighted by Gasteiger charge is 2.09. The van der Waals surface area contributed by atoms with Gasteiger partial charge in [-0.05, 0) is 25.1 Å². The minimum absolute atomic E-state index is 0.0790. The third-order valence-corrected chi connectivity index (χ3v) is 1.88. The molecule has 0 aromatic heterocycles. The highest BCUT2D eigenvalue weighted by atomic mass is 19.3. The van der Waals surface area contributed by atoms with Crippen molar-refractivity contribution in [2.24, 2.45) is 0 Å². The lowest BCUT2D eigenvalue weighted by molar-refractivity contribution is -0.0498. The molecule has 1 amide bonds. The fraction of sp³-hybridized carbons (Fsp3) is 0.364. The molecule has 0 bridgehead atoms. The Morgan fingerprint density at radius 2 is 2.24 bits per heavy atom. The van der Waals surface area contributed by atoms with Crippen LogP contribution in [0.2, 0.25) is 0 Å². The number of hydrogen-bond acceptors (Lipinski definition) is 3. The molecule has 94 valence electrons. The zero-order valence-electron chi connectivity index (χ0n) is 9.19. The minimum atomic E-state index is -2.93. The number of amides is 1. The van der Waals surface area contributed by atoms with Crippen LogP contribution in [0.25, 0.3) is 0 Å². The molecule has 4 nitrogen and oxygen atoms in total. The van der Waals surface area contributed by atoms with Gasteiger partial charge in [-0.2, -0.15) is 8.78 Å². The van der Waals surface area contributed by atoms with Crippen molar-refractivity contribution in [3.63, 3.8) is 0 Å². The minimum Gasteiger partial charge on any atom is -0.435 e. The van der Waals surface area contributed by atoms with E-state index in [0.29, 0.717) is 0 Å². The second-order valence-corrected chi connectivity index (χ2v) is 3.47. The van der Waals surface area contributed by atoms with E-state index in [1.54, 1.807) is 0 Å². The molecule has 2 N–H and O–H groups in total. The first-order valence-electron chi connectivity index (χ1n) is 5.00. The average Bonchev–Trinajstić information content (AvgIpc) is 2.25. The van der Waals surface area contributed by atoms with E-state index in [-0.39, 0.29) is 17.9 Å². The summed E-state index contributed by atoms with van der Waals surface area (Å²) in [7, 11) is 0. The quantitative estimate of drug-likeness (QED) is 0.824. The van der Waals surface area contributed by atoms with Crippen LogP contribution >= 0.6 is 0 Å². The molecule has 0 fully saturated rings. The molecule has 0 radical (unpaired) electrons. The number of ether oxygens (including phenoxy) is 1. The SMILES string of the molecule is CC(O)CNC(=O)c1cccc(OC(F)F)c1. The summed E-state index contributed by atoms with van der Waals surface area (Å²) >= 11 is 0. The Kier molecular flexibility index (Phi) is 4.84. The first-order valence-corrected chi connectivity index (χ1v) is 5.00. The summed E-state index contributed by atoms with van der Waals surface area (Å²) in [5.74, 6) is -0.532. The number of benzene rings is 1. The van der Waals surface area contributed by atoms with E-state index in [2.05, 4.69) is 10.1 Å². The Labute approximate surface area is 97.2 Å². The van der Waals surface area contributed by atoms with Crippen LogP contribution in [0.5, 0.6) is 5.75 Å². The van der Waals surface area contributed by atoms with Gasteiger partial charge in [-0.1, -0.05) is 6.07 Å². The zero-order chi connectivity index (χ0) is 12.8. The number of rotatable bonds is 5. The largest absolute Gasteiger partial charge is 0.435 e. The Bertz CT molecular complexity index is 383. The molecule has 0 aliphatic rings. The van der Waals surface area contributed by atoms with Crippen LogP contribution in [-0.4, -0.2) is 30.3 Å². The van der Waals surface area contributed by atoms with Gasteiger partial charge in [0.05, 0.1) is 6.10 Å². The average molecular weight is 245 g/mol. The molecule has 17 heavy (non-hydrogen) atoms. The number of aliphatic hydroxyl groups excluding tert-OH is 1. The molecule has 0 heterocycles. The number of halogens is 2. The normalized spacial score (nSPS) is 12.3. The summed E-state index contributed by atoms with van der Waals surface area (Å²) in [5, 5.41) is 11.4. The molecule has 0 saturated heterocycles. The number of carbonyl (C=O) groups is 1. The van der Waals surface area contributed by atoms with E-state index in [1.165, 1.54) is 31.2 Å². The van der Waals surface area contributed by atoms with Crippen molar-refractivity contribution in [1.29, 1.82) is 0 Å². The van der Waals surface area contributed by atoms with Gasteiger partial charge < -0.3 is 15.2 Å². The van der Waals surface area contributed by atoms with Crippen LogP contribution in [0.1, 0.15) is 17.3 Å². The fourth-order valence-electron chi connectivity index (χ4n) is 1.16. The van der Waals surface area contributed by atoms with Crippen LogP contribution in [0.4, 0.5) is 8.78 Å². The van der Waals surface area contributed by atoms with E-state index in [9.17, 15) is 13.6 Å². The molecule has 6 heteroatoms. The number of alkyl halides is 2. The second kappa shape index (κ2) is 6.15. The monoisotopic (exact) mass is 245 g/mol. The van der Waals surface area contributed by atoms with Crippen molar-refractivity contribution >= 4 is 5.91 Å². The lowest BCUT2D eigenvalue weighted by Crippen LogP contribution is -2.30. The Morgan fingerprint density at radius 3 is 2.82 bits per heavy atom. The van der Waals surface area contributed by atoms with Gasteiger partial charge >= 0.3 is 6.61 Å². The number of hydrogen-bond donors (Lipinski definition) is 2. The van der Waals surface area contributed by atoms with Gasteiger partial charge in [0, 0.05) is 12.1 Å². The summed E-state index contributed by atoms with van der Waals surface area (Å²) in [6, 6.07) is 5.45. The van der Waals surface area contributed by atoms with E-state index >= 15 is 0 Å². The van der Waals surface area contributed by atoms with Crippen LogP contribution in [0.3, 0.4) is 0 Å². The molecular formula is C11H13F2NO3. The maximum atomic E-state index is 12.0.